The van der Waals surface area contributed by atoms with E-state index in [4.69, 9.17) is 21.1 Å². The van der Waals surface area contributed by atoms with E-state index in [0.717, 1.165) is 0 Å². The summed E-state index contributed by atoms with van der Waals surface area (Å²) in [6, 6.07) is 3.04. The summed E-state index contributed by atoms with van der Waals surface area (Å²) in [6.07, 6.45) is 0. The van der Waals surface area contributed by atoms with Gasteiger partial charge in [0.1, 0.15) is 0 Å². The summed E-state index contributed by atoms with van der Waals surface area (Å²) >= 11 is 5.78. The molecule has 0 aliphatic rings. The Morgan fingerprint density at radius 2 is 2.07 bits per heavy atom. The zero-order valence-electron chi connectivity index (χ0n) is 8.32. The van der Waals surface area contributed by atoms with Crippen LogP contribution < -0.4 is 9.47 Å². The van der Waals surface area contributed by atoms with Crippen molar-refractivity contribution in [1.82, 2.24) is 0 Å². The summed E-state index contributed by atoms with van der Waals surface area (Å²) in [5.74, 6) is 0.737. The van der Waals surface area contributed by atoms with Gasteiger partial charge in [0.25, 0.3) is 0 Å². The van der Waals surface area contributed by atoms with E-state index in [-0.39, 0.29) is 6.54 Å². The monoisotopic (exact) mass is 231 g/mol. The minimum Gasteiger partial charge on any atom is -0.493 e. The summed E-state index contributed by atoms with van der Waals surface area (Å²) in [4.78, 5) is 9.96. The zero-order chi connectivity index (χ0) is 11.4. The van der Waals surface area contributed by atoms with Crippen molar-refractivity contribution in [2.75, 3.05) is 14.2 Å². The van der Waals surface area contributed by atoms with Gasteiger partial charge >= 0.3 is 0 Å². The van der Waals surface area contributed by atoms with Crippen molar-refractivity contribution in [2.24, 2.45) is 0 Å². The number of halogens is 1. The molecule has 0 amide bonds. The van der Waals surface area contributed by atoms with Crippen molar-refractivity contribution in [2.45, 2.75) is 6.54 Å². The molecule has 0 saturated heterocycles. The molecule has 0 saturated carbocycles. The van der Waals surface area contributed by atoms with E-state index < -0.39 is 4.92 Å². The third-order valence-electron chi connectivity index (χ3n) is 1.82. The Kier molecular flexibility index (Phi) is 3.74. The number of methoxy groups -OCH3 is 2. The summed E-state index contributed by atoms with van der Waals surface area (Å²) in [6.45, 7) is -0.347. The molecule has 0 spiro atoms. The SMILES string of the molecule is COc1cc(Cl)cc(C[N+](=O)[O-])c1OC. The first kappa shape index (κ1) is 11.6. The lowest BCUT2D eigenvalue weighted by Gasteiger charge is -2.10. The fourth-order valence-electron chi connectivity index (χ4n) is 1.26. The molecular weight excluding hydrogens is 222 g/mol. The highest BCUT2D eigenvalue weighted by atomic mass is 35.5. The number of nitro groups is 1. The Bertz CT molecular complexity index is 381. The number of rotatable bonds is 4. The molecule has 1 rings (SSSR count). The molecule has 0 aliphatic heterocycles. The molecule has 0 unspecified atom stereocenters. The van der Waals surface area contributed by atoms with Crippen LogP contribution in [0.4, 0.5) is 0 Å². The van der Waals surface area contributed by atoms with E-state index in [2.05, 4.69) is 0 Å². The van der Waals surface area contributed by atoms with Crippen molar-refractivity contribution in [1.29, 1.82) is 0 Å². The molecular formula is C9H10ClNO4. The Morgan fingerprint density at radius 3 is 2.53 bits per heavy atom. The van der Waals surface area contributed by atoms with E-state index in [1.54, 1.807) is 6.07 Å². The second-order valence-electron chi connectivity index (χ2n) is 2.79. The first-order valence-electron chi connectivity index (χ1n) is 4.10. The van der Waals surface area contributed by atoms with Gasteiger partial charge in [-0.2, -0.15) is 0 Å². The Morgan fingerprint density at radius 1 is 1.40 bits per heavy atom. The topological polar surface area (TPSA) is 61.6 Å². The van der Waals surface area contributed by atoms with E-state index in [9.17, 15) is 10.1 Å². The molecule has 0 N–H and O–H groups in total. The van der Waals surface area contributed by atoms with Crippen LogP contribution >= 0.6 is 11.6 Å². The Hall–Kier alpha value is -1.49. The lowest BCUT2D eigenvalue weighted by Crippen LogP contribution is -2.02. The smallest absolute Gasteiger partial charge is 0.232 e. The van der Waals surface area contributed by atoms with Crippen LogP contribution in [0.15, 0.2) is 12.1 Å². The van der Waals surface area contributed by atoms with Gasteiger partial charge in [-0.3, -0.25) is 10.1 Å². The predicted molar refractivity (Wildman–Crippen MR) is 55.3 cm³/mol. The Balaban J connectivity index is 3.22. The Labute approximate surface area is 91.7 Å². The van der Waals surface area contributed by atoms with Crippen LogP contribution in [0.5, 0.6) is 11.5 Å². The van der Waals surface area contributed by atoms with Crippen LogP contribution in [0.25, 0.3) is 0 Å². The second-order valence-corrected chi connectivity index (χ2v) is 3.23. The van der Waals surface area contributed by atoms with E-state index >= 15 is 0 Å². The molecule has 0 aliphatic carbocycles. The van der Waals surface area contributed by atoms with Gasteiger partial charge in [0.05, 0.1) is 19.8 Å². The van der Waals surface area contributed by atoms with Crippen LogP contribution in [-0.4, -0.2) is 19.1 Å². The van der Waals surface area contributed by atoms with Gasteiger partial charge in [0, 0.05) is 16.0 Å². The summed E-state index contributed by atoms with van der Waals surface area (Å²) in [5, 5.41) is 10.8. The second kappa shape index (κ2) is 4.84. The van der Waals surface area contributed by atoms with E-state index in [0.29, 0.717) is 22.1 Å². The first-order chi connectivity index (χ1) is 7.08. The lowest BCUT2D eigenvalue weighted by molar-refractivity contribution is -0.496. The van der Waals surface area contributed by atoms with Crippen molar-refractivity contribution < 1.29 is 14.4 Å². The van der Waals surface area contributed by atoms with Crippen molar-refractivity contribution in [3.05, 3.63) is 32.8 Å². The van der Waals surface area contributed by atoms with Gasteiger partial charge in [-0.05, 0) is 6.07 Å². The predicted octanol–water partition coefficient (Wildman–Crippen LogP) is 2.13. The van der Waals surface area contributed by atoms with Gasteiger partial charge in [-0.25, -0.2) is 0 Å². The van der Waals surface area contributed by atoms with Gasteiger partial charge < -0.3 is 9.47 Å². The van der Waals surface area contributed by atoms with Crippen molar-refractivity contribution in [3.63, 3.8) is 0 Å². The summed E-state index contributed by atoms with van der Waals surface area (Å²) in [5.41, 5.74) is 0.395. The highest BCUT2D eigenvalue weighted by molar-refractivity contribution is 6.30. The maximum Gasteiger partial charge on any atom is 0.232 e. The van der Waals surface area contributed by atoms with Crippen LogP contribution in [-0.2, 0) is 6.54 Å². The fraction of sp³-hybridized carbons (Fsp3) is 0.333. The molecule has 0 heterocycles. The standard InChI is InChI=1S/C9H10ClNO4/c1-14-8-4-7(10)3-6(5-11(12)13)9(8)15-2/h3-4H,5H2,1-2H3. The van der Waals surface area contributed by atoms with E-state index in [1.165, 1.54) is 20.3 Å². The van der Waals surface area contributed by atoms with Gasteiger partial charge in [0.2, 0.25) is 6.54 Å². The average Bonchev–Trinajstić information content (AvgIpc) is 2.15. The quantitative estimate of drug-likeness (QED) is 0.588. The maximum absolute atomic E-state index is 10.4. The minimum absolute atomic E-state index is 0.346. The van der Waals surface area contributed by atoms with Gasteiger partial charge in [-0.1, -0.05) is 11.6 Å². The third kappa shape index (κ3) is 2.73. The normalized spacial score (nSPS) is 9.80. The van der Waals surface area contributed by atoms with Crippen LogP contribution in [0.3, 0.4) is 0 Å². The summed E-state index contributed by atoms with van der Waals surface area (Å²) in [7, 11) is 2.87. The van der Waals surface area contributed by atoms with Crippen LogP contribution in [0.1, 0.15) is 5.56 Å². The van der Waals surface area contributed by atoms with Crippen molar-refractivity contribution >= 4 is 11.6 Å². The lowest BCUT2D eigenvalue weighted by atomic mass is 10.2. The molecule has 82 valence electrons. The number of nitrogens with zero attached hydrogens (tertiary/aromatic N) is 1. The van der Waals surface area contributed by atoms with E-state index in [1.807, 2.05) is 0 Å². The van der Waals surface area contributed by atoms with Crippen LogP contribution in [0.2, 0.25) is 5.02 Å². The molecule has 0 fully saturated rings. The maximum atomic E-state index is 10.4. The average molecular weight is 232 g/mol. The van der Waals surface area contributed by atoms with Gasteiger partial charge in [-0.15, -0.1) is 0 Å². The minimum atomic E-state index is -0.451. The van der Waals surface area contributed by atoms with Crippen molar-refractivity contribution in [3.8, 4) is 11.5 Å². The van der Waals surface area contributed by atoms with Gasteiger partial charge in [0.15, 0.2) is 11.5 Å². The molecule has 1 aromatic rings. The number of hydrogen-bond donors (Lipinski definition) is 0. The highest BCUT2D eigenvalue weighted by Crippen LogP contribution is 2.34. The number of benzene rings is 1. The molecule has 6 heteroatoms. The number of hydrogen-bond acceptors (Lipinski definition) is 4. The molecule has 0 bridgehead atoms. The summed E-state index contributed by atoms with van der Waals surface area (Å²) < 4.78 is 10.0. The largest absolute Gasteiger partial charge is 0.493 e. The van der Waals surface area contributed by atoms with Crippen LogP contribution in [0, 0.1) is 10.1 Å². The molecule has 15 heavy (non-hydrogen) atoms. The number of ether oxygens (including phenoxy) is 2. The highest BCUT2D eigenvalue weighted by Gasteiger charge is 2.15. The molecule has 0 aromatic heterocycles. The molecule has 1 aromatic carbocycles. The zero-order valence-corrected chi connectivity index (χ0v) is 9.08. The third-order valence-corrected chi connectivity index (χ3v) is 2.04. The molecule has 0 atom stereocenters. The first-order valence-corrected chi connectivity index (χ1v) is 4.48. The molecule has 0 radical (unpaired) electrons. The molecule has 5 nitrogen and oxygen atoms in total. The fourth-order valence-corrected chi connectivity index (χ4v) is 1.49.